The molecule has 6 nitrogen and oxygen atoms in total. The maximum atomic E-state index is 12.9. The van der Waals surface area contributed by atoms with Crippen molar-refractivity contribution in [3.05, 3.63) is 97.0 Å². The molecule has 0 aliphatic heterocycles. The number of benzene rings is 3. The van der Waals surface area contributed by atoms with E-state index in [0.717, 1.165) is 23.9 Å². The van der Waals surface area contributed by atoms with Crippen molar-refractivity contribution < 1.29 is 32.8 Å². The quantitative estimate of drug-likeness (QED) is 0.215. The number of halogens is 5. The van der Waals surface area contributed by atoms with Gasteiger partial charge in [0.15, 0.2) is 5.78 Å². The Labute approximate surface area is 198 Å². The van der Waals surface area contributed by atoms with E-state index in [9.17, 15) is 38.0 Å². The molecule has 0 radical (unpaired) electrons. The van der Waals surface area contributed by atoms with Crippen LogP contribution in [-0.2, 0) is 6.18 Å². The molecule has 0 heterocycles. The Kier molecular flexibility index (Phi) is 7.01. The molecule has 3 rings (SSSR count). The fourth-order valence-corrected chi connectivity index (χ4v) is 4.11. The lowest BCUT2D eigenvalue weighted by atomic mass is 9.96. The van der Waals surface area contributed by atoms with E-state index in [-0.39, 0.29) is 15.5 Å². The number of carbonyl (C=O) groups excluding carboxylic acids is 1. The average Bonchev–Trinajstić information content (AvgIpc) is 2.74. The summed E-state index contributed by atoms with van der Waals surface area (Å²) in [7, 11) is 0. The first-order chi connectivity index (χ1) is 15.4. The van der Waals surface area contributed by atoms with Crippen LogP contribution in [0.5, 0.6) is 0 Å². The number of aromatic carboxylic acids is 1. The van der Waals surface area contributed by atoms with Gasteiger partial charge in [0, 0.05) is 22.1 Å². The molecular weight excluding hydrogens is 506 g/mol. The van der Waals surface area contributed by atoms with Gasteiger partial charge in [-0.3, -0.25) is 14.9 Å². The first-order valence-corrected chi connectivity index (χ1v) is 10.4. The Morgan fingerprint density at radius 2 is 1.64 bits per heavy atom. The second-order valence-electron chi connectivity index (χ2n) is 6.51. The summed E-state index contributed by atoms with van der Waals surface area (Å²) in [6.45, 7) is 0. The van der Waals surface area contributed by atoms with Gasteiger partial charge in [-0.1, -0.05) is 35.0 Å². The Bertz CT molecular complexity index is 1300. The van der Waals surface area contributed by atoms with Crippen LogP contribution in [0.15, 0.2) is 64.4 Å². The molecule has 0 unspecified atom stereocenters. The highest BCUT2D eigenvalue weighted by Gasteiger charge is 2.33. The van der Waals surface area contributed by atoms with Gasteiger partial charge >= 0.3 is 12.1 Å². The second kappa shape index (κ2) is 9.42. The first kappa shape index (κ1) is 24.6. The minimum Gasteiger partial charge on any atom is -0.478 e. The van der Waals surface area contributed by atoms with Crippen LogP contribution in [0.25, 0.3) is 0 Å². The first-order valence-electron chi connectivity index (χ1n) is 8.79. The van der Waals surface area contributed by atoms with E-state index in [0.29, 0.717) is 22.1 Å². The van der Waals surface area contributed by atoms with E-state index in [1.165, 1.54) is 24.3 Å². The standard InChI is InChI=1S/C21H10Cl2F3NO5S/c22-15-5-3-12(9-16(15)23)33-18-6-1-10(7-17(18)27(31)32)19(28)13-4-2-11(21(24,25)26)8-14(13)20(29)30/h1-9H,(H,29,30). The Balaban J connectivity index is 2.02. The number of ketones is 1. The van der Waals surface area contributed by atoms with Crippen molar-refractivity contribution in [1.82, 2.24) is 0 Å². The number of carboxylic acids is 1. The van der Waals surface area contributed by atoms with Gasteiger partial charge in [0.1, 0.15) is 0 Å². The molecule has 0 fully saturated rings. The minimum absolute atomic E-state index is 0.154. The maximum absolute atomic E-state index is 12.9. The lowest BCUT2D eigenvalue weighted by molar-refractivity contribution is -0.387. The van der Waals surface area contributed by atoms with E-state index in [1.807, 2.05) is 0 Å². The van der Waals surface area contributed by atoms with Crippen LogP contribution in [0.2, 0.25) is 10.0 Å². The molecule has 0 saturated carbocycles. The molecule has 12 heteroatoms. The molecule has 1 N–H and O–H groups in total. The molecule has 33 heavy (non-hydrogen) atoms. The zero-order chi connectivity index (χ0) is 24.5. The van der Waals surface area contributed by atoms with Crippen LogP contribution < -0.4 is 0 Å². The molecule has 0 aliphatic rings. The van der Waals surface area contributed by atoms with Crippen molar-refractivity contribution in [2.24, 2.45) is 0 Å². The van der Waals surface area contributed by atoms with Gasteiger partial charge < -0.3 is 5.11 Å². The van der Waals surface area contributed by atoms with Crippen LogP contribution in [0, 0.1) is 10.1 Å². The van der Waals surface area contributed by atoms with Crippen molar-refractivity contribution in [1.29, 1.82) is 0 Å². The third kappa shape index (κ3) is 5.47. The summed E-state index contributed by atoms with van der Waals surface area (Å²) in [6, 6.07) is 9.68. The number of alkyl halides is 3. The van der Waals surface area contributed by atoms with Gasteiger partial charge in [-0.05, 0) is 48.5 Å². The Morgan fingerprint density at radius 1 is 0.939 bits per heavy atom. The topological polar surface area (TPSA) is 97.5 Å². The number of hydrogen-bond acceptors (Lipinski definition) is 5. The summed E-state index contributed by atoms with van der Waals surface area (Å²) in [5, 5.41) is 21.4. The van der Waals surface area contributed by atoms with E-state index in [4.69, 9.17) is 23.2 Å². The zero-order valence-corrected chi connectivity index (χ0v) is 18.3. The maximum Gasteiger partial charge on any atom is 0.416 e. The van der Waals surface area contributed by atoms with Crippen molar-refractivity contribution in [3.63, 3.8) is 0 Å². The number of nitrogens with zero attached hydrogens (tertiary/aromatic N) is 1. The molecule has 0 bridgehead atoms. The molecule has 0 saturated heterocycles. The van der Waals surface area contributed by atoms with Crippen LogP contribution in [0.1, 0.15) is 31.8 Å². The van der Waals surface area contributed by atoms with E-state index >= 15 is 0 Å². The molecule has 0 atom stereocenters. The van der Waals surface area contributed by atoms with Gasteiger partial charge in [-0.25, -0.2) is 4.79 Å². The van der Waals surface area contributed by atoms with Crippen molar-refractivity contribution in [3.8, 4) is 0 Å². The largest absolute Gasteiger partial charge is 0.478 e. The molecule has 3 aromatic rings. The average molecular weight is 516 g/mol. The highest BCUT2D eigenvalue weighted by atomic mass is 35.5. The van der Waals surface area contributed by atoms with Crippen LogP contribution >= 0.6 is 35.0 Å². The summed E-state index contributed by atoms with van der Waals surface area (Å²) in [6.07, 6.45) is -4.81. The van der Waals surface area contributed by atoms with Crippen molar-refractivity contribution >= 4 is 52.4 Å². The monoisotopic (exact) mass is 515 g/mol. The van der Waals surface area contributed by atoms with E-state index < -0.39 is 45.2 Å². The lowest BCUT2D eigenvalue weighted by Crippen LogP contribution is -2.13. The van der Waals surface area contributed by atoms with Gasteiger partial charge in [0.05, 0.1) is 31.0 Å². The van der Waals surface area contributed by atoms with E-state index in [2.05, 4.69) is 0 Å². The van der Waals surface area contributed by atoms with Crippen LogP contribution in [0.3, 0.4) is 0 Å². The summed E-state index contributed by atoms with van der Waals surface area (Å²) in [4.78, 5) is 35.9. The Morgan fingerprint density at radius 3 is 2.21 bits per heavy atom. The van der Waals surface area contributed by atoms with Crippen molar-refractivity contribution in [2.75, 3.05) is 0 Å². The number of hydrogen-bond donors (Lipinski definition) is 1. The number of carboxylic acid groups (broad SMARTS) is 1. The lowest BCUT2D eigenvalue weighted by Gasteiger charge is -2.11. The molecule has 0 aromatic heterocycles. The summed E-state index contributed by atoms with van der Waals surface area (Å²) in [5.41, 5.74) is -3.36. The minimum atomic E-state index is -4.81. The highest BCUT2D eigenvalue weighted by Crippen LogP contribution is 2.38. The SMILES string of the molecule is O=C(O)c1cc(C(F)(F)F)ccc1C(=O)c1ccc(Sc2ccc(Cl)c(Cl)c2)c([N+](=O)[O-])c1. The zero-order valence-electron chi connectivity index (χ0n) is 16.0. The van der Waals surface area contributed by atoms with E-state index in [1.54, 1.807) is 6.07 Å². The van der Waals surface area contributed by atoms with Gasteiger partial charge in [-0.15, -0.1) is 0 Å². The number of nitro groups is 1. The highest BCUT2D eigenvalue weighted by molar-refractivity contribution is 7.99. The fourth-order valence-electron chi connectivity index (χ4n) is 2.81. The van der Waals surface area contributed by atoms with Crippen LogP contribution in [-0.4, -0.2) is 21.8 Å². The third-order valence-corrected chi connectivity index (χ3v) is 6.15. The second-order valence-corrected chi connectivity index (χ2v) is 8.44. The third-order valence-electron chi connectivity index (χ3n) is 4.36. The van der Waals surface area contributed by atoms with Gasteiger partial charge in [-0.2, -0.15) is 13.2 Å². The fraction of sp³-hybridized carbons (Fsp3) is 0.0476. The summed E-state index contributed by atoms with van der Waals surface area (Å²) in [5.74, 6) is -2.72. The number of rotatable bonds is 6. The summed E-state index contributed by atoms with van der Waals surface area (Å²) < 4.78 is 38.8. The van der Waals surface area contributed by atoms with Crippen molar-refractivity contribution in [2.45, 2.75) is 16.0 Å². The molecular formula is C21H10Cl2F3NO5S. The predicted molar refractivity (Wildman–Crippen MR) is 116 cm³/mol. The van der Waals surface area contributed by atoms with Gasteiger partial charge in [0.25, 0.3) is 5.69 Å². The molecule has 170 valence electrons. The molecule has 0 aliphatic carbocycles. The smallest absolute Gasteiger partial charge is 0.416 e. The number of nitro benzene ring substituents is 1. The van der Waals surface area contributed by atoms with Gasteiger partial charge in [0.2, 0.25) is 0 Å². The Hall–Kier alpha value is -3.08. The summed E-state index contributed by atoms with van der Waals surface area (Å²) >= 11 is 12.8. The number of carbonyl (C=O) groups is 2. The predicted octanol–water partition coefficient (Wildman–Crippen LogP) is 7.00. The molecule has 3 aromatic carbocycles. The molecule has 0 amide bonds. The normalized spacial score (nSPS) is 11.3. The van der Waals surface area contributed by atoms with Crippen LogP contribution in [0.4, 0.5) is 18.9 Å². The molecule has 0 spiro atoms.